The van der Waals surface area contributed by atoms with E-state index in [0.717, 1.165) is 36.5 Å². The van der Waals surface area contributed by atoms with Crippen LogP contribution in [-0.4, -0.2) is 30.5 Å². The average molecular weight is 487 g/mol. The van der Waals surface area contributed by atoms with Crippen LogP contribution in [0.25, 0.3) is 10.8 Å². The molecule has 0 atom stereocenters. The second kappa shape index (κ2) is 10.8. The normalized spacial score (nSPS) is 18.1. The minimum absolute atomic E-state index is 0.0975. The molecule has 1 amide bonds. The Labute approximate surface area is 214 Å². The summed E-state index contributed by atoms with van der Waals surface area (Å²) in [5.74, 6) is 1.43. The van der Waals surface area contributed by atoms with E-state index in [-0.39, 0.29) is 17.3 Å². The maximum absolute atomic E-state index is 13.6. The molecule has 0 bridgehead atoms. The Balaban J connectivity index is 1.59. The predicted molar refractivity (Wildman–Crippen MR) is 145 cm³/mol. The van der Waals surface area contributed by atoms with E-state index < -0.39 is 0 Å². The number of benzene rings is 2. The van der Waals surface area contributed by atoms with Gasteiger partial charge in [0.1, 0.15) is 5.82 Å². The van der Waals surface area contributed by atoms with Crippen LogP contribution in [0.5, 0.6) is 0 Å². The van der Waals surface area contributed by atoms with Gasteiger partial charge < -0.3 is 4.74 Å². The standard InChI is InChI=1S/C31H38N2O3/c1-21-7-6-8-24(17-21)23-11-9-22(10-12-23)20-33(28(34)19-31(2,3)4)29-27-14-13-26(30(35)36-5)18-25(27)15-16-32-29/h6-8,13-18,22-23H,9-12,19-20H2,1-5H3. The number of esters is 1. The molecule has 5 nitrogen and oxygen atoms in total. The van der Waals surface area contributed by atoms with Crippen molar-refractivity contribution in [3.05, 3.63) is 71.4 Å². The van der Waals surface area contributed by atoms with E-state index in [1.165, 1.54) is 18.2 Å². The third-order valence-corrected chi connectivity index (χ3v) is 7.20. The van der Waals surface area contributed by atoms with Crippen molar-refractivity contribution in [3.8, 4) is 0 Å². The second-order valence-corrected chi connectivity index (χ2v) is 11.4. The zero-order valence-electron chi connectivity index (χ0n) is 22.2. The Morgan fingerprint density at radius 2 is 1.78 bits per heavy atom. The van der Waals surface area contributed by atoms with Gasteiger partial charge in [0.2, 0.25) is 5.91 Å². The lowest BCUT2D eigenvalue weighted by atomic mass is 9.78. The van der Waals surface area contributed by atoms with Gasteiger partial charge in [0, 0.05) is 24.5 Å². The number of ether oxygens (including phenoxy) is 1. The highest BCUT2D eigenvalue weighted by Gasteiger charge is 2.29. The zero-order valence-corrected chi connectivity index (χ0v) is 22.2. The van der Waals surface area contributed by atoms with Crippen LogP contribution in [0.4, 0.5) is 5.82 Å². The molecule has 4 rings (SSSR count). The highest BCUT2D eigenvalue weighted by molar-refractivity contribution is 6.04. The molecule has 0 spiro atoms. The number of rotatable bonds is 6. The summed E-state index contributed by atoms with van der Waals surface area (Å²) in [5.41, 5.74) is 3.11. The van der Waals surface area contributed by atoms with E-state index in [1.54, 1.807) is 12.3 Å². The molecule has 190 valence electrons. The van der Waals surface area contributed by atoms with Crippen molar-refractivity contribution in [1.29, 1.82) is 0 Å². The SMILES string of the molecule is COC(=O)c1ccc2c(N(CC3CCC(c4cccc(C)c4)CC3)C(=O)CC(C)(C)C)nccc2c1. The Morgan fingerprint density at radius 3 is 2.44 bits per heavy atom. The molecule has 2 aromatic carbocycles. The van der Waals surface area contributed by atoms with Gasteiger partial charge in [-0.1, -0.05) is 50.6 Å². The lowest BCUT2D eigenvalue weighted by molar-refractivity contribution is -0.120. The lowest BCUT2D eigenvalue weighted by Crippen LogP contribution is -2.39. The quantitative estimate of drug-likeness (QED) is 0.350. The highest BCUT2D eigenvalue weighted by Crippen LogP contribution is 2.38. The molecule has 0 aliphatic heterocycles. The van der Waals surface area contributed by atoms with E-state index in [2.05, 4.69) is 56.9 Å². The summed E-state index contributed by atoms with van der Waals surface area (Å²) < 4.78 is 4.88. The molecular weight excluding hydrogens is 448 g/mol. The second-order valence-electron chi connectivity index (χ2n) is 11.4. The Bertz CT molecular complexity index is 1240. The third kappa shape index (κ3) is 6.13. The van der Waals surface area contributed by atoms with Crippen LogP contribution in [0.1, 0.15) is 80.3 Å². The smallest absolute Gasteiger partial charge is 0.337 e. The Kier molecular flexibility index (Phi) is 7.77. The lowest BCUT2D eigenvalue weighted by Gasteiger charge is -2.34. The molecule has 1 fully saturated rings. The van der Waals surface area contributed by atoms with Crippen LogP contribution in [0, 0.1) is 18.3 Å². The number of carbonyl (C=O) groups is 2. The van der Waals surface area contributed by atoms with Crippen molar-refractivity contribution in [2.45, 2.75) is 65.7 Å². The first kappa shape index (κ1) is 25.9. The molecule has 0 saturated heterocycles. The first-order valence-electron chi connectivity index (χ1n) is 13.0. The van der Waals surface area contributed by atoms with E-state index in [4.69, 9.17) is 4.74 Å². The summed E-state index contributed by atoms with van der Waals surface area (Å²) in [7, 11) is 1.38. The van der Waals surface area contributed by atoms with Crippen LogP contribution in [-0.2, 0) is 9.53 Å². The molecule has 0 N–H and O–H groups in total. The Morgan fingerprint density at radius 1 is 1.03 bits per heavy atom. The van der Waals surface area contributed by atoms with Gasteiger partial charge >= 0.3 is 5.97 Å². The number of fused-ring (bicyclic) bond motifs is 1. The van der Waals surface area contributed by atoms with Gasteiger partial charge in [-0.05, 0) is 85.1 Å². The minimum Gasteiger partial charge on any atom is -0.465 e. The highest BCUT2D eigenvalue weighted by atomic mass is 16.5. The van der Waals surface area contributed by atoms with Crippen molar-refractivity contribution in [2.75, 3.05) is 18.6 Å². The molecule has 1 aromatic heterocycles. The largest absolute Gasteiger partial charge is 0.465 e. The number of carbonyl (C=O) groups excluding carboxylic acids is 2. The van der Waals surface area contributed by atoms with Crippen LogP contribution in [0.3, 0.4) is 0 Å². The van der Waals surface area contributed by atoms with Crippen LogP contribution in [0.15, 0.2) is 54.7 Å². The topological polar surface area (TPSA) is 59.5 Å². The summed E-state index contributed by atoms with van der Waals surface area (Å²) in [6, 6.07) is 16.2. The number of hydrogen-bond acceptors (Lipinski definition) is 4. The van der Waals surface area contributed by atoms with Crippen LogP contribution < -0.4 is 4.90 Å². The predicted octanol–water partition coefficient (Wildman–Crippen LogP) is 7.07. The van der Waals surface area contributed by atoms with Crippen molar-refractivity contribution < 1.29 is 14.3 Å². The van der Waals surface area contributed by atoms with Crippen molar-refractivity contribution in [1.82, 2.24) is 4.98 Å². The van der Waals surface area contributed by atoms with Crippen molar-refractivity contribution in [3.63, 3.8) is 0 Å². The van der Waals surface area contributed by atoms with Crippen LogP contribution in [0.2, 0.25) is 0 Å². The molecule has 1 aliphatic rings. The van der Waals surface area contributed by atoms with Gasteiger partial charge in [0.25, 0.3) is 0 Å². The van der Waals surface area contributed by atoms with E-state index in [9.17, 15) is 9.59 Å². The van der Waals surface area contributed by atoms with Crippen LogP contribution >= 0.6 is 0 Å². The maximum Gasteiger partial charge on any atom is 0.337 e. The van der Waals surface area contributed by atoms with Gasteiger partial charge in [-0.3, -0.25) is 9.69 Å². The van der Waals surface area contributed by atoms with E-state index >= 15 is 0 Å². The summed E-state index contributed by atoms with van der Waals surface area (Å²) >= 11 is 0. The summed E-state index contributed by atoms with van der Waals surface area (Å²) in [6.45, 7) is 9.10. The molecular formula is C31H38N2O3. The van der Waals surface area contributed by atoms with E-state index in [1.807, 2.05) is 23.1 Å². The molecule has 1 heterocycles. The summed E-state index contributed by atoms with van der Waals surface area (Å²) in [6.07, 6.45) is 6.64. The fourth-order valence-electron chi connectivity index (χ4n) is 5.34. The monoisotopic (exact) mass is 486 g/mol. The minimum atomic E-state index is -0.374. The molecule has 0 radical (unpaired) electrons. The maximum atomic E-state index is 13.6. The molecule has 1 saturated carbocycles. The van der Waals surface area contributed by atoms with Gasteiger partial charge in [-0.2, -0.15) is 0 Å². The first-order valence-corrected chi connectivity index (χ1v) is 13.0. The number of amides is 1. The Hall–Kier alpha value is -3.21. The molecule has 36 heavy (non-hydrogen) atoms. The van der Waals surface area contributed by atoms with Gasteiger partial charge in [0.15, 0.2) is 0 Å². The molecule has 1 aliphatic carbocycles. The van der Waals surface area contributed by atoms with Crippen molar-refractivity contribution >= 4 is 28.5 Å². The summed E-state index contributed by atoms with van der Waals surface area (Å²) in [5, 5.41) is 1.75. The number of anilines is 1. The van der Waals surface area contributed by atoms with Gasteiger partial charge in [-0.25, -0.2) is 9.78 Å². The average Bonchev–Trinajstić information content (AvgIpc) is 2.85. The number of hydrogen-bond donors (Lipinski definition) is 0. The fraction of sp³-hybridized carbons (Fsp3) is 0.452. The number of nitrogens with zero attached hydrogens (tertiary/aromatic N) is 2. The van der Waals surface area contributed by atoms with Gasteiger partial charge in [0.05, 0.1) is 12.7 Å². The number of aromatic nitrogens is 1. The van der Waals surface area contributed by atoms with E-state index in [0.29, 0.717) is 36.2 Å². The zero-order chi connectivity index (χ0) is 25.9. The number of aryl methyl sites for hydroxylation is 1. The molecule has 0 unspecified atom stereocenters. The fourth-order valence-corrected chi connectivity index (χ4v) is 5.34. The number of pyridine rings is 1. The summed E-state index contributed by atoms with van der Waals surface area (Å²) in [4.78, 5) is 32.3. The molecule has 3 aromatic rings. The van der Waals surface area contributed by atoms with Crippen molar-refractivity contribution in [2.24, 2.45) is 11.3 Å². The first-order chi connectivity index (χ1) is 17.1. The number of methoxy groups -OCH3 is 1. The molecule has 5 heteroatoms. The third-order valence-electron chi connectivity index (χ3n) is 7.20. The van der Waals surface area contributed by atoms with Gasteiger partial charge in [-0.15, -0.1) is 0 Å².